The predicted octanol–water partition coefficient (Wildman–Crippen LogP) is 1.43. The smallest absolute Gasteiger partial charge is 0.339 e. The first-order valence-corrected chi connectivity index (χ1v) is 5.90. The van der Waals surface area contributed by atoms with Crippen LogP contribution in [-0.4, -0.2) is 47.1 Å². The molecule has 1 aromatic heterocycles. The van der Waals surface area contributed by atoms with Crippen molar-refractivity contribution in [2.24, 2.45) is 0 Å². The Hall–Kier alpha value is -1.69. The van der Waals surface area contributed by atoms with E-state index in [2.05, 4.69) is 22.2 Å². The molecule has 2 rings (SSSR count). The van der Waals surface area contributed by atoms with Gasteiger partial charge in [0.15, 0.2) is 0 Å². The van der Waals surface area contributed by atoms with E-state index in [-0.39, 0.29) is 17.4 Å². The maximum Gasteiger partial charge on any atom is 0.339 e. The second-order valence-electron chi connectivity index (χ2n) is 4.58. The largest absolute Gasteiger partial charge is 0.478 e. The van der Waals surface area contributed by atoms with Crippen molar-refractivity contribution in [2.45, 2.75) is 18.9 Å². The standard InChI is InChI=1S/C12H16FN3O2/c1-16-4-2-9(3-5-16)15-11-10(12(17)18)6-8(13)7-14-11/h6-7,9H,2-5H2,1H3,(H,14,15)(H,17,18). The normalized spacial score (nSPS) is 17.7. The van der Waals surface area contributed by atoms with Gasteiger partial charge in [0.1, 0.15) is 17.2 Å². The second kappa shape index (κ2) is 5.30. The Bertz CT molecular complexity index is 445. The average molecular weight is 253 g/mol. The number of hydrogen-bond donors (Lipinski definition) is 2. The van der Waals surface area contributed by atoms with Crippen LogP contribution in [0.1, 0.15) is 23.2 Å². The number of nitrogens with one attached hydrogen (secondary N) is 1. The molecule has 0 unspecified atom stereocenters. The van der Waals surface area contributed by atoms with E-state index in [9.17, 15) is 9.18 Å². The predicted molar refractivity (Wildman–Crippen MR) is 65.3 cm³/mol. The summed E-state index contributed by atoms with van der Waals surface area (Å²) in [6.07, 6.45) is 2.88. The lowest BCUT2D eigenvalue weighted by atomic mass is 10.1. The number of nitrogens with zero attached hydrogens (tertiary/aromatic N) is 2. The van der Waals surface area contributed by atoms with Gasteiger partial charge in [-0.25, -0.2) is 14.2 Å². The van der Waals surface area contributed by atoms with E-state index in [4.69, 9.17) is 5.11 Å². The lowest BCUT2D eigenvalue weighted by molar-refractivity contribution is 0.0697. The number of pyridine rings is 1. The third kappa shape index (κ3) is 2.95. The highest BCUT2D eigenvalue weighted by Crippen LogP contribution is 2.18. The van der Waals surface area contributed by atoms with Crippen LogP contribution >= 0.6 is 0 Å². The van der Waals surface area contributed by atoms with E-state index < -0.39 is 11.8 Å². The summed E-state index contributed by atoms with van der Waals surface area (Å²) >= 11 is 0. The maximum absolute atomic E-state index is 13.0. The SMILES string of the molecule is CN1CCC(Nc2ncc(F)cc2C(=O)O)CC1. The molecule has 0 amide bonds. The Labute approximate surface area is 105 Å². The van der Waals surface area contributed by atoms with Crippen molar-refractivity contribution in [1.29, 1.82) is 0 Å². The quantitative estimate of drug-likeness (QED) is 0.853. The number of hydrogen-bond acceptors (Lipinski definition) is 4. The Balaban J connectivity index is 2.11. The van der Waals surface area contributed by atoms with E-state index in [0.717, 1.165) is 38.2 Å². The highest BCUT2D eigenvalue weighted by molar-refractivity contribution is 5.93. The highest BCUT2D eigenvalue weighted by atomic mass is 19.1. The Morgan fingerprint density at radius 2 is 2.22 bits per heavy atom. The number of anilines is 1. The van der Waals surface area contributed by atoms with Crippen molar-refractivity contribution in [3.63, 3.8) is 0 Å². The van der Waals surface area contributed by atoms with Gasteiger partial charge < -0.3 is 15.3 Å². The van der Waals surface area contributed by atoms with Crippen LogP contribution in [0.2, 0.25) is 0 Å². The van der Waals surface area contributed by atoms with Crippen LogP contribution in [-0.2, 0) is 0 Å². The molecular formula is C12H16FN3O2. The molecule has 1 aromatic rings. The van der Waals surface area contributed by atoms with Gasteiger partial charge >= 0.3 is 5.97 Å². The van der Waals surface area contributed by atoms with Gasteiger partial charge in [-0.05, 0) is 39.0 Å². The van der Waals surface area contributed by atoms with E-state index in [1.807, 2.05) is 0 Å². The third-order valence-electron chi connectivity index (χ3n) is 3.14. The van der Waals surface area contributed by atoms with Crippen LogP contribution in [0.25, 0.3) is 0 Å². The van der Waals surface area contributed by atoms with E-state index in [1.165, 1.54) is 0 Å². The first-order chi connectivity index (χ1) is 8.56. The van der Waals surface area contributed by atoms with E-state index in [1.54, 1.807) is 0 Å². The van der Waals surface area contributed by atoms with Crippen LogP contribution in [0.15, 0.2) is 12.3 Å². The van der Waals surface area contributed by atoms with Crippen molar-refractivity contribution in [2.75, 3.05) is 25.5 Å². The van der Waals surface area contributed by atoms with Gasteiger partial charge in [0.2, 0.25) is 0 Å². The van der Waals surface area contributed by atoms with Gasteiger partial charge in [0.05, 0.1) is 6.20 Å². The topological polar surface area (TPSA) is 65.5 Å². The Morgan fingerprint density at radius 3 is 2.83 bits per heavy atom. The number of rotatable bonds is 3. The summed E-state index contributed by atoms with van der Waals surface area (Å²) in [4.78, 5) is 17.1. The van der Waals surface area contributed by atoms with Crippen LogP contribution < -0.4 is 5.32 Å². The summed E-state index contributed by atoms with van der Waals surface area (Å²) < 4.78 is 13.0. The molecule has 0 atom stereocenters. The molecule has 0 spiro atoms. The molecule has 1 saturated heterocycles. The summed E-state index contributed by atoms with van der Waals surface area (Å²) in [5.74, 6) is -1.56. The molecule has 2 N–H and O–H groups in total. The number of aromatic nitrogens is 1. The fourth-order valence-electron chi connectivity index (χ4n) is 2.06. The number of likely N-dealkylation sites (tertiary alicyclic amines) is 1. The van der Waals surface area contributed by atoms with Crippen molar-refractivity contribution in [1.82, 2.24) is 9.88 Å². The van der Waals surface area contributed by atoms with Gasteiger partial charge in [-0.3, -0.25) is 0 Å². The van der Waals surface area contributed by atoms with Gasteiger partial charge in [0.25, 0.3) is 0 Å². The van der Waals surface area contributed by atoms with Crippen molar-refractivity contribution in [3.8, 4) is 0 Å². The van der Waals surface area contributed by atoms with Crippen LogP contribution in [0.4, 0.5) is 10.2 Å². The number of carboxylic acids is 1. The zero-order chi connectivity index (χ0) is 13.1. The van der Waals surface area contributed by atoms with Crippen LogP contribution in [0, 0.1) is 5.82 Å². The molecule has 1 aliphatic rings. The van der Waals surface area contributed by atoms with Crippen molar-refractivity contribution >= 4 is 11.8 Å². The van der Waals surface area contributed by atoms with Crippen molar-refractivity contribution < 1.29 is 14.3 Å². The fraction of sp³-hybridized carbons (Fsp3) is 0.500. The number of carboxylic acid groups (broad SMARTS) is 1. The Morgan fingerprint density at radius 1 is 1.56 bits per heavy atom. The first-order valence-electron chi connectivity index (χ1n) is 5.90. The lowest BCUT2D eigenvalue weighted by Gasteiger charge is -2.30. The number of aromatic carboxylic acids is 1. The summed E-state index contributed by atoms with van der Waals surface area (Å²) in [5.41, 5.74) is -0.117. The maximum atomic E-state index is 13.0. The molecule has 1 fully saturated rings. The minimum absolute atomic E-state index is 0.117. The molecule has 0 aromatic carbocycles. The van der Waals surface area contributed by atoms with Crippen LogP contribution in [0.3, 0.4) is 0 Å². The molecule has 0 saturated carbocycles. The monoisotopic (exact) mass is 253 g/mol. The minimum atomic E-state index is -1.17. The minimum Gasteiger partial charge on any atom is -0.478 e. The molecular weight excluding hydrogens is 237 g/mol. The van der Waals surface area contributed by atoms with Gasteiger partial charge in [-0.1, -0.05) is 0 Å². The summed E-state index contributed by atoms with van der Waals surface area (Å²) in [6, 6.07) is 1.18. The van der Waals surface area contributed by atoms with E-state index >= 15 is 0 Å². The van der Waals surface area contributed by atoms with E-state index in [0.29, 0.717) is 0 Å². The zero-order valence-corrected chi connectivity index (χ0v) is 10.2. The van der Waals surface area contributed by atoms with Crippen molar-refractivity contribution in [3.05, 3.63) is 23.6 Å². The fourth-order valence-corrected chi connectivity index (χ4v) is 2.06. The summed E-state index contributed by atoms with van der Waals surface area (Å²) in [6.45, 7) is 1.92. The average Bonchev–Trinajstić information content (AvgIpc) is 2.34. The third-order valence-corrected chi connectivity index (χ3v) is 3.14. The molecule has 18 heavy (non-hydrogen) atoms. The molecule has 1 aliphatic heterocycles. The first kappa shape index (κ1) is 12.8. The molecule has 5 nitrogen and oxygen atoms in total. The second-order valence-corrected chi connectivity index (χ2v) is 4.58. The zero-order valence-electron chi connectivity index (χ0n) is 10.2. The molecule has 2 heterocycles. The number of carbonyl (C=O) groups is 1. The molecule has 0 bridgehead atoms. The highest BCUT2D eigenvalue weighted by Gasteiger charge is 2.20. The molecule has 0 aliphatic carbocycles. The number of halogens is 1. The molecule has 98 valence electrons. The molecule has 0 radical (unpaired) electrons. The lowest BCUT2D eigenvalue weighted by Crippen LogP contribution is -2.37. The van der Waals surface area contributed by atoms with Crippen LogP contribution in [0.5, 0.6) is 0 Å². The molecule has 6 heteroatoms. The number of piperidine rings is 1. The Kier molecular flexibility index (Phi) is 3.76. The van der Waals surface area contributed by atoms with Gasteiger partial charge in [-0.15, -0.1) is 0 Å². The summed E-state index contributed by atoms with van der Waals surface area (Å²) in [5, 5.41) is 12.1. The van der Waals surface area contributed by atoms with Gasteiger partial charge in [0, 0.05) is 6.04 Å². The summed E-state index contributed by atoms with van der Waals surface area (Å²) in [7, 11) is 2.05. The van der Waals surface area contributed by atoms with Gasteiger partial charge in [-0.2, -0.15) is 0 Å².